The molecule has 146 valence electrons. The Morgan fingerprint density at radius 1 is 1.30 bits per heavy atom. The fourth-order valence-electron chi connectivity index (χ4n) is 3.62. The standard InChI is InChI=1S/C19H27N5O2S/c1-5-26-17-9-7-6-8-16(17)24-19(20-21-22-24)27-15(4)18(25)23-11-13(2)10-14(3)12-23/h6-9,13-15H,5,10-12H2,1-4H3. The fraction of sp³-hybridized carbons (Fsp3) is 0.579. The van der Waals surface area contributed by atoms with E-state index in [1.54, 1.807) is 4.68 Å². The van der Waals surface area contributed by atoms with Gasteiger partial charge < -0.3 is 9.64 Å². The number of carbonyl (C=O) groups is 1. The average Bonchev–Trinajstić information content (AvgIpc) is 3.09. The summed E-state index contributed by atoms with van der Waals surface area (Å²) < 4.78 is 7.33. The highest BCUT2D eigenvalue weighted by atomic mass is 32.2. The van der Waals surface area contributed by atoms with Gasteiger partial charge in [-0.15, -0.1) is 5.10 Å². The number of aromatic nitrogens is 4. The van der Waals surface area contributed by atoms with Crippen LogP contribution in [0.3, 0.4) is 0 Å². The van der Waals surface area contributed by atoms with Gasteiger partial charge in [0.2, 0.25) is 11.1 Å². The molecule has 1 fully saturated rings. The van der Waals surface area contributed by atoms with Crippen LogP contribution < -0.4 is 4.74 Å². The van der Waals surface area contributed by atoms with Crippen LogP contribution in [0.4, 0.5) is 0 Å². The van der Waals surface area contributed by atoms with Crippen molar-refractivity contribution in [3.63, 3.8) is 0 Å². The second-order valence-corrected chi connectivity index (χ2v) is 8.53. The van der Waals surface area contributed by atoms with Gasteiger partial charge in [0.05, 0.1) is 11.9 Å². The van der Waals surface area contributed by atoms with Crippen LogP contribution in [0, 0.1) is 11.8 Å². The van der Waals surface area contributed by atoms with Gasteiger partial charge in [-0.3, -0.25) is 4.79 Å². The number of para-hydroxylation sites is 2. The van der Waals surface area contributed by atoms with Gasteiger partial charge in [-0.25, -0.2) is 0 Å². The molecule has 1 aliphatic heterocycles. The Bertz CT molecular complexity index is 771. The molecule has 1 aliphatic rings. The number of nitrogens with zero attached hydrogens (tertiary/aromatic N) is 5. The van der Waals surface area contributed by atoms with E-state index in [4.69, 9.17) is 4.74 Å². The third-order valence-corrected chi connectivity index (χ3v) is 5.67. The largest absolute Gasteiger partial charge is 0.492 e. The lowest BCUT2D eigenvalue weighted by atomic mass is 9.92. The minimum absolute atomic E-state index is 0.144. The molecule has 0 saturated carbocycles. The van der Waals surface area contributed by atoms with E-state index in [9.17, 15) is 4.79 Å². The van der Waals surface area contributed by atoms with Crippen molar-refractivity contribution in [2.45, 2.75) is 44.5 Å². The molecule has 0 N–H and O–H groups in total. The number of carbonyl (C=O) groups excluding carboxylic acids is 1. The molecular formula is C19H27N5O2S. The first kappa shape index (κ1) is 19.7. The molecule has 0 aliphatic carbocycles. The molecular weight excluding hydrogens is 362 g/mol. The number of ether oxygens (including phenoxy) is 1. The van der Waals surface area contributed by atoms with Crippen LogP contribution >= 0.6 is 11.8 Å². The maximum absolute atomic E-state index is 12.9. The molecule has 2 heterocycles. The number of thioether (sulfide) groups is 1. The smallest absolute Gasteiger partial charge is 0.235 e. The highest BCUT2D eigenvalue weighted by Crippen LogP contribution is 2.30. The van der Waals surface area contributed by atoms with Gasteiger partial charge in [0, 0.05) is 13.1 Å². The summed E-state index contributed by atoms with van der Waals surface area (Å²) in [6, 6.07) is 7.63. The zero-order chi connectivity index (χ0) is 19.4. The Hall–Kier alpha value is -2.09. The van der Waals surface area contributed by atoms with E-state index in [0.717, 1.165) is 18.8 Å². The van der Waals surface area contributed by atoms with Crippen LogP contribution in [0.2, 0.25) is 0 Å². The third-order valence-electron chi connectivity index (χ3n) is 4.64. The molecule has 3 rings (SSSR count). The first-order valence-electron chi connectivity index (χ1n) is 9.45. The van der Waals surface area contributed by atoms with E-state index in [1.807, 2.05) is 43.0 Å². The molecule has 0 radical (unpaired) electrons. The molecule has 3 unspecified atom stereocenters. The highest BCUT2D eigenvalue weighted by Gasteiger charge is 2.29. The molecule has 1 amide bonds. The molecule has 0 bridgehead atoms. The summed E-state index contributed by atoms with van der Waals surface area (Å²) in [5.74, 6) is 1.94. The number of hydrogen-bond acceptors (Lipinski definition) is 6. The summed E-state index contributed by atoms with van der Waals surface area (Å²) >= 11 is 1.38. The predicted molar refractivity (Wildman–Crippen MR) is 105 cm³/mol. The van der Waals surface area contributed by atoms with Crippen molar-refractivity contribution >= 4 is 17.7 Å². The lowest BCUT2D eigenvalue weighted by Gasteiger charge is -2.36. The Morgan fingerprint density at radius 2 is 2.00 bits per heavy atom. The third kappa shape index (κ3) is 4.61. The van der Waals surface area contributed by atoms with Crippen LogP contribution in [0.1, 0.15) is 34.1 Å². The molecule has 1 aromatic heterocycles. The lowest BCUT2D eigenvalue weighted by molar-refractivity contribution is -0.132. The maximum atomic E-state index is 12.9. The first-order chi connectivity index (χ1) is 13.0. The fourth-order valence-corrected chi connectivity index (χ4v) is 4.51. The van der Waals surface area contributed by atoms with Gasteiger partial charge in [0.15, 0.2) is 0 Å². The first-order valence-corrected chi connectivity index (χ1v) is 10.3. The maximum Gasteiger partial charge on any atom is 0.235 e. The van der Waals surface area contributed by atoms with Crippen LogP contribution in [-0.2, 0) is 4.79 Å². The van der Waals surface area contributed by atoms with E-state index in [2.05, 4.69) is 29.4 Å². The minimum atomic E-state index is -0.258. The van der Waals surface area contributed by atoms with Crippen molar-refractivity contribution in [2.24, 2.45) is 11.8 Å². The number of piperidine rings is 1. The Kier molecular flexibility index (Phi) is 6.36. The highest BCUT2D eigenvalue weighted by molar-refractivity contribution is 8.00. The Morgan fingerprint density at radius 3 is 2.70 bits per heavy atom. The number of amides is 1. The van der Waals surface area contributed by atoms with Crippen molar-refractivity contribution in [2.75, 3.05) is 19.7 Å². The van der Waals surface area contributed by atoms with Crippen molar-refractivity contribution in [1.29, 1.82) is 0 Å². The number of benzene rings is 1. The summed E-state index contributed by atoms with van der Waals surface area (Å²) in [4.78, 5) is 14.9. The van der Waals surface area contributed by atoms with Gasteiger partial charge in [0.1, 0.15) is 11.4 Å². The van der Waals surface area contributed by atoms with Gasteiger partial charge in [-0.2, -0.15) is 4.68 Å². The van der Waals surface area contributed by atoms with Crippen LogP contribution in [0.5, 0.6) is 5.75 Å². The zero-order valence-corrected chi connectivity index (χ0v) is 17.1. The number of tetrazole rings is 1. The predicted octanol–water partition coefficient (Wildman–Crippen LogP) is 3.05. The normalized spacial score (nSPS) is 21.1. The molecule has 7 nitrogen and oxygen atoms in total. The summed E-state index contributed by atoms with van der Waals surface area (Å²) in [5.41, 5.74) is 0.770. The molecule has 0 spiro atoms. The summed E-state index contributed by atoms with van der Waals surface area (Å²) in [7, 11) is 0. The summed E-state index contributed by atoms with van der Waals surface area (Å²) in [5, 5.41) is 12.4. The van der Waals surface area contributed by atoms with Crippen molar-refractivity contribution < 1.29 is 9.53 Å². The molecule has 1 aromatic carbocycles. The molecule has 3 atom stereocenters. The van der Waals surface area contributed by atoms with E-state index in [-0.39, 0.29) is 11.2 Å². The quantitative estimate of drug-likeness (QED) is 0.707. The number of hydrogen-bond donors (Lipinski definition) is 0. The average molecular weight is 390 g/mol. The summed E-state index contributed by atoms with van der Waals surface area (Å²) in [6.45, 7) is 10.5. The van der Waals surface area contributed by atoms with E-state index >= 15 is 0 Å². The minimum Gasteiger partial charge on any atom is -0.492 e. The molecule has 27 heavy (non-hydrogen) atoms. The topological polar surface area (TPSA) is 73.1 Å². The van der Waals surface area contributed by atoms with E-state index < -0.39 is 0 Å². The molecule has 2 aromatic rings. The second-order valence-electron chi connectivity index (χ2n) is 7.22. The number of likely N-dealkylation sites (tertiary alicyclic amines) is 1. The van der Waals surface area contributed by atoms with Gasteiger partial charge >= 0.3 is 0 Å². The Labute approximate surface area is 164 Å². The van der Waals surface area contributed by atoms with Crippen LogP contribution in [0.25, 0.3) is 5.69 Å². The second kappa shape index (κ2) is 8.73. The van der Waals surface area contributed by atoms with Gasteiger partial charge in [-0.1, -0.05) is 37.7 Å². The van der Waals surface area contributed by atoms with Crippen molar-refractivity contribution in [3.05, 3.63) is 24.3 Å². The monoisotopic (exact) mass is 389 g/mol. The van der Waals surface area contributed by atoms with Crippen LogP contribution in [-0.4, -0.2) is 56.0 Å². The molecule has 8 heteroatoms. The van der Waals surface area contributed by atoms with E-state index in [1.165, 1.54) is 18.2 Å². The van der Waals surface area contributed by atoms with Crippen LogP contribution in [0.15, 0.2) is 29.4 Å². The Balaban J connectivity index is 1.76. The lowest BCUT2D eigenvalue weighted by Crippen LogP contribution is -2.45. The SMILES string of the molecule is CCOc1ccccc1-n1nnnc1SC(C)C(=O)N1CC(C)CC(C)C1. The van der Waals surface area contributed by atoms with Gasteiger partial charge in [0.25, 0.3) is 0 Å². The number of rotatable bonds is 6. The summed E-state index contributed by atoms with van der Waals surface area (Å²) in [6.07, 6.45) is 1.18. The molecule has 1 saturated heterocycles. The zero-order valence-electron chi connectivity index (χ0n) is 16.3. The van der Waals surface area contributed by atoms with Gasteiger partial charge in [-0.05, 0) is 54.7 Å². The van der Waals surface area contributed by atoms with Crippen molar-refractivity contribution in [3.8, 4) is 11.4 Å². The van der Waals surface area contributed by atoms with E-state index in [0.29, 0.717) is 29.3 Å². The van der Waals surface area contributed by atoms with Crippen molar-refractivity contribution in [1.82, 2.24) is 25.1 Å².